The van der Waals surface area contributed by atoms with Crippen LogP contribution in [0, 0.1) is 19.8 Å². The number of H-pyrrole nitrogens is 1. The lowest BCUT2D eigenvalue weighted by atomic mass is 10.0. The molecule has 0 aliphatic carbocycles. The van der Waals surface area contributed by atoms with Gasteiger partial charge in [-0.2, -0.15) is 5.10 Å². The average molecular weight is 263 g/mol. The molecule has 1 saturated heterocycles. The van der Waals surface area contributed by atoms with Crippen LogP contribution in [0.4, 0.5) is 0 Å². The summed E-state index contributed by atoms with van der Waals surface area (Å²) in [4.78, 5) is 26.2. The highest BCUT2D eigenvalue weighted by atomic mass is 16.2. The number of rotatable bonds is 1. The lowest BCUT2D eigenvalue weighted by Gasteiger charge is -2.21. The van der Waals surface area contributed by atoms with E-state index in [1.165, 1.54) is 0 Å². The van der Waals surface area contributed by atoms with Crippen molar-refractivity contribution in [1.82, 2.24) is 15.1 Å². The third-order valence-corrected chi connectivity index (χ3v) is 3.99. The predicted octanol–water partition coefficient (Wildman–Crippen LogP) is 1.65. The maximum atomic E-state index is 12.5. The quantitative estimate of drug-likeness (QED) is 0.837. The zero-order chi connectivity index (χ0) is 14.0. The number of likely N-dealkylation sites (tertiary alicyclic amines) is 1. The zero-order valence-corrected chi connectivity index (χ0v) is 11.8. The van der Waals surface area contributed by atoms with Gasteiger partial charge in [0.1, 0.15) is 5.56 Å². The Morgan fingerprint density at radius 1 is 1.32 bits per heavy atom. The van der Waals surface area contributed by atoms with Crippen LogP contribution in [0.15, 0.2) is 4.79 Å². The van der Waals surface area contributed by atoms with Crippen molar-refractivity contribution in [3.05, 3.63) is 27.2 Å². The monoisotopic (exact) mass is 263 g/mol. The molecule has 19 heavy (non-hydrogen) atoms. The molecule has 1 amide bonds. The first kappa shape index (κ1) is 13.8. The molecule has 1 aliphatic rings. The molecule has 1 aromatic rings. The van der Waals surface area contributed by atoms with Crippen molar-refractivity contribution in [3.63, 3.8) is 0 Å². The fourth-order valence-corrected chi connectivity index (χ4v) is 2.51. The Morgan fingerprint density at radius 2 is 2.05 bits per heavy atom. The SMILES string of the molecule is Cc1n[nH]c(=O)c(C(=O)N2CCC[C@@H](C)CC2)c1C. The maximum absolute atomic E-state index is 12.5. The predicted molar refractivity (Wildman–Crippen MR) is 73.3 cm³/mol. The molecule has 0 radical (unpaired) electrons. The maximum Gasteiger partial charge on any atom is 0.277 e. The van der Waals surface area contributed by atoms with E-state index in [2.05, 4.69) is 17.1 Å². The van der Waals surface area contributed by atoms with Gasteiger partial charge < -0.3 is 4.90 Å². The van der Waals surface area contributed by atoms with Crippen LogP contribution in [0.25, 0.3) is 0 Å². The number of amides is 1. The van der Waals surface area contributed by atoms with Crippen LogP contribution in [-0.4, -0.2) is 34.1 Å². The molecular weight excluding hydrogens is 242 g/mol. The number of aromatic nitrogens is 2. The van der Waals surface area contributed by atoms with Crippen molar-refractivity contribution >= 4 is 5.91 Å². The van der Waals surface area contributed by atoms with E-state index in [1.807, 2.05) is 0 Å². The van der Waals surface area contributed by atoms with E-state index >= 15 is 0 Å². The number of aromatic amines is 1. The van der Waals surface area contributed by atoms with Gasteiger partial charge in [0.05, 0.1) is 5.69 Å². The summed E-state index contributed by atoms with van der Waals surface area (Å²) in [7, 11) is 0. The highest BCUT2D eigenvalue weighted by molar-refractivity contribution is 5.95. The average Bonchev–Trinajstić information content (AvgIpc) is 2.59. The summed E-state index contributed by atoms with van der Waals surface area (Å²) < 4.78 is 0. The van der Waals surface area contributed by atoms with Crippen molar-refractivity contribution in [2.24, 2.45) is 5.92 Å². The van der Waals surface area contributed by atoms with Crippen molar-refractivity contribution < 1.29 is 4.79 Å². The molecular formula is C14H21N3O2. The van der Waals surface area contributed by atoms with E-state index in [-0.39, 0.29) is 17.0 Å². The number of carbonyl (C=O) groups is 1. The van der Waals surface area contributed by atoms with Gasteiger partial charge in [0.15, 0.2) is 0 Å². The molecule has 5 heteroatoms. The van der Waals surface area contributed by atoms with Crippen LogP contribution >= 0.6 is 0 Å². The first-order valence-electron chi connectivity index (χ1n) is 6.86. The number of aryl methyl sites for hydroxylation is 1. The van der Waals surface area contributed by atoms with Gasteiger partial charge in [-0.1, -0.05) is 6.92 Å². The summed E-state index contributed by atoms with van der Waals surface area (Å²) in [6.45, 7) is 7.27. The number of carbonyl (C=O) groups excluding carboxylic acids is 1. The smallest absolute Gasteiger partial charge is 0.277 e. The molecule has 2 heterocycles. The number of hydrogen-bond acceptors (Lipinski definition) is 3. The Balaban J connectivity index is 2.29. The molecule has 1 aromatic heterocycles. The van der Waals surface area contributed by atoms with Crippen LogP contribution in [-0.2, 0) is 0 Å². The van der Waals surface area contributed by atoms with Gasteiger partial charge in [0.2, 0.25) is 0 Å². The van der Waals surface area contributed by atoms with Crippen molar-refractivity contribution in [2.45, 2.75) is 40.0 Å². The van der Waals surface area contributed by atoms with Gasteiger partial charge >= 0.3 is 0 Å². The van der Waals surface area contributed by atoms with E-state index in [4.69, 9.17) is 0 Å². The standard InChI is InChI=1S/C14H21N3O2/c1-9-5-4-7-17(8-6-9)14(19)12-10(2)11(3)15-16-13(12)18/h9H,4-8H2,1-3H3,(H,16,18)/t9-/m1/s1. The van der Waals surface area contributed by atoms with E-state index in [9.17, 15) is 9.59 Å². The third-order valence-electron chi connectivity index (χ3n) is 3.99. The van der Waals surface area contributed by atoms with Gasteiger partial charge in [-0.15, -0.1) is 0 Å². The van der Waals surface area contributed by atoms with E-state index < -0.39 is 0 Å². The lowest BCUT2D eigenvalue weighted by molar-refractivity contribution is 0.0757. The lowest BCUT2D eigenvalue weighted by Crippen LogP contribution is -2.37. The van der Waals surface area contributed by atoms with Gasteiger partial charge in [-0.05, 0) is 44.6 Å². The van der Waals surface area contributed by atoms with Crippen LogP contribution in [0.5, 0.6) is 0 Å². The fourth-order valence-electron chi connectivity index (χ4n) is 2.51. The second kappa shape index (κ2) is 5.55. The fraction of sp³-hybridized carbons (Fsp3) is 0.643. The zero-order valence-electron chi connectivity index (χ0n) is 11.8. The highest BCUT2D eigenvalue weighted by Gasteiger charge is 2.24. The Kier molecular flexibility index (Phi) is 4.02. The number of hydrogen-bond donors (Lipinski definition) is 1. The second-order valence-electron chi connectivity index (χ2n) is 5.47. The normalized spacial score (nSPS) is 20.2. The Morgan fingerprint density at radius 3 is 2.79 bits per heavy atom. The Bertz CT molecular complexity index is 536. The summed E-state index contributed by atoms with van der Waals surface area (Å²) in [5.74, 6) is 0.495. The Labute approximate surface area is 113 Å². The summed E-state index contributed by atoms with van der Waals surface area (Å²) in [5.41, 5.74) is 1.25. The Hall–Kier alpha value is -1.65. The van der Waals surface area contributed by atoms with E-state index in [0.29, 0.717) is 17.2 Å². The molecule has 1 atom stereocenters. The molecule has 0 aromatic carbocycles. The van der Waals surface area contributed by atoms with Crippen LogP contribution < -0.4 is 5.56 Å². The molecule has 1 aliphatic heterocycles. The number of nitrogens with one attached hydrogen (secondary N) is 1. The molecule has 0 unspecified atom stereocenters. The van der Waals surface area contributed by atoms with Crippen LogP contribution in [0.3, 0.4) is 0 Å². The molecule has 0 spiro atoms. The second-order valence-corrected chi connectivity index (χ2v) is 5.47. The van der Waals surface area contributed by atoms with Gasteiger partial charge in [-0.25, -0.2) is 5.10 Å². The summed E-state index contributed by atoms with van der Waals surface area (Å²) in [6.07, 6.45) is 3.16. The molecule has 1 fully saturated rings. The van der Waals surface area contributed by atoms with E-state index in [0.717, 1.165) is 32.4 Å². The van der Waals surface area contributed by atoms with Crippen molar-refractivity contribution in [3.8, 4) is 0 Å². The van der Waals surface area contributed by atoms with Crippen LogP contribution in [0.2, 0.25) is 0 Å². The van der Waals surface area contributed by atoms with Crippen molar-refractivity contribution in [2.75, 3.05) is 13.1 Å². The molecule has 2 rings (SSSR count). The van der Waals surface area contributed by atoms with Crippen molar-refractivity contribution in [1.29, 1.82) is 0 Å². The van der Waals surface area contributed by atoms with Crippen LogP contribution in [0.1, 0.15) is 47.8 Å². The summed E-state index contributed by atoms with van der Waals surface area (Å²) >= 11 is 0. The first-order chi connectivity index (χ1) is 9.00. The minimum atomic E-state index is -0.384. The highest BCUT2D eigenvalue weighted by Crippen LogP contribution is 2.18. The van der Waals surface area contributed by atoms with Gasteiger partial charge in [0.25, 0.3) is 11.5 Å². The summed E-state index contributed by atoms with van der Waals surface area (Å²) in [5, 5.41) is 6.29. The topological polar surface area (TPSA) is 66.1 Å². The van der Waals surface area contributed by atoms with E-state index in [1.54, 1.807) is 18.7 Å². The minimum Gasteiger partial charge on any atom is -0.338 e. The molecule has 0 bridgehead atoms. The first-order valence-corrected chi connectivity index (χ1v) is 6.86. The third kappa shape index (κ3) is 2.85. The molecule has 1 N–H and O–H groups in total. The molecule has 0 saturated carbocycles. The molecule has 104 valence electrons. The summed E-state index contributed by atoms with van der Waals surface area (Å²) in [6, 6.07) is 0. The molecule has 5 nitrogen and oxygen atoms in total. The largest absolute Gasteiger partial charge is 0.338 e. The number of nitrogens with zero attached hydrogens (tertiary/aromatic N) is 2. The minimum absolute atomic E-state index is 0.154. The van der Waals surface area contributed by atoms with Gasteiger partial charge in [0, 0.05) is 13.1 Å². The van der Waals surface area contributed by atoms with Gasteiger partial charge in [-0.3, -0.25) is 9.59 Å².